The lowest BCUT2D eigenvalue weighted by Crippen LogP contribution is -2.00. The standard InChI is InChI=1S/C24H20N4OS/c1-17-5-3-8-21(13-17)28-23(20-9-11-22(29-2)12-10-20)26-27-24(28)30-16-19-7-4-6-18(14-19)15-25/h3-14H,16H2,1-2H3. The van der Waals surface area contributed by atoms with Crippen LogP contribution >= 0.6 is 11.8 Å². The van der Waals surface area contributed by atoms with E-state index in [4.69, 9.17) is 10.00 Å². The van der Waals surface area contributed by atoms with Gasteiger partial charge in [-0.1, -0.05) is 36.0 Å². The minimum absolute atomic E-state index is 0.659. The number of hydrogen-bond acceptors (Lipinski definition) is 5. The lowest BCUT2D eigenvalue weighted by atomic mass is 10.2. The van der Waals surface area contributed by atoms with Crippen molar-refractivity contribution in [2.45, 2.75) is 17.8 Å². The molecule has 4 rings (SSSR count). The van der Waals surface area contributed by atoms with Gasteiger partial charge in [-0.2, -0.15) is 5.26 Å². The third-order valence-electron chi connectivity index (χ3n) is 4.67. The molecule has 1 heterocycles. The molecule has 0 atom stereocenters. The van der Waals surface area contributed by atoms with E-state index >= 15 is 0 Å². The molecule has 0 saturated heterocycles. The van der Waals surface area contributed by atoms with Crippen LogP contribution in [0.5, 0.6) is 5.75 Å². The summed E-state index contributed by atoms with van der Waals surface area (Å²) in [4.78, 5) is 0. The molecule has 0 N–H and O–H groups in total. The number of benzene rings is 3. The summed E-state index contributed by atoms with van der Waals surface area (Å²) in [5.74, 6) is 2.27. The SMILES string of the molecule is COc1ccc(-c2nnc(SCc3cccc(C#N)c3)n2-c2cccc(C)c2)cc1. The fourth-order valence-corrected chi connectivity index (χ4v) is 4.06. The highest BCUT2D eigenvalue weighted by Gasteiger charge is 2.16. The molecule has 5 nitrogen and oxygen atoms in total. The summed E-state index contributed by atoms with van der Waals surface area (Å²) < 4.78 is 7.35. The van der Waals surface area contributed by atoms with E-state index in [0.29, 0.717) is 11.3 Å². The fraction of sp³-hybridized carbons (Fsp3) is 0.125. The van der Waals surface area contributed by atoms with Gasteiger partial charge in [0, 0.05) is 17.0 Å². The Morgan fingerprint density at radius 3 is 2.53 bits per heavy atom. The van der Waals surface area contributed by atoms with Gasteiger partial charge in [-0.05, 0) is 66.6 Å². The van der Waals surface area contributed by atoms with E-state index in [-0.39, 0.29) is 0 Å². The van der Waals surface area contributed by atoms with E-state index in [2.05, 4.69) is 46.0 Å². The molecule has 30 heavy (non-hydrogen) atoms. The molecule has 148 valence electrons. The molecule has 0 saturated carbocycles. The number of nitrogens with zero attached hydrogens (tertiary/aromatic N) is 4. The highest BCUT2D eigenvalue weighted by molar-refractivity contribution is 7.98. The van der Waals surface area contributed by atoms with Crippen LogP contribution in [0.4, 0.5) is 0 Å². The average Bonchev–Trinajstić information content (AvgIpc) is 3.22. The third-order valence-corrected chi connectivity index (χ3v) is 5.67. The Hall–Kier alpha value is -3.56. The van der Waals surface area contributed by atoms with Crippen molar-refractivity contribution in [1.29, 1.82) is 5.26 Å². The Bertz CT molecular complexity index is 1210. The van der Waals surface area contributed by atoms with Crippen LogP contribution in [-0.4, -0.2) is 21.9 Å². The maximum absolute atomic E-state index is 9.14. The topological polar surface area (TPSA) is 63.7 Å². The molecule has 0 radical (unpaired) electrons. The summed E-state index contributed by atoms with van der Waals surface area (Å²) in [6.07, 6.45) is 0. The van der Waals surface area contributed by atoms with Crippen molar-refractivity contribution in [1.82, 2.24) is 14.8 Å². The van der Waals surface area contributed by atoms with Gasteiger partial charge in [0.25, 0.3) is 0 Å². The molecule has 0 fully saturated rings. The van der Waals surface area contributed by atoms with Crippen LogP contribution in [0.15, 0.2) is 78.0 Å². The number of nitriles is 1. The predicted molar refractivity (Wildman–Crippen MR) is 119 cm³/mol. The molecule has 0 aliphatic carbocycles. The van der Waals surface area contributed by atoms with Crippen molar-refractivity contribution in [3.05, 3.63) is 89.5 Å². The number of aromatic nitrogens is 3. The van der Waals surface area contributed by atoms with Gasteiger partial charge in [-0.3, -0.25) is 4.57 Å². The Balaban J connectivity index is 1.72. The van der Waals surface area contributed by atoms with Crippen molar-refractivity contribution in [3.63, 3.8) is 0 Å². The molecule has 3 aromatic carbocycles. The van der Waals surface area contributed by atoms with Crippen LogP contribution in [0.3, 0.4) is 0 Å². The van der Waals surface area contributed by atoms with Gasteiger partial charge in [0.05, 0.1) is 18.7 Å². The van der Waals surface area contributed by atoms with Crippen LogP contribution < -0.4 is 4.74 Å². The van der Waals surface area contributed by atoms with E-state index in [0.717, 1.165) is 33.5 Å². The molecule has 0 aliphatic heterocycles. The molecular weight excluding hydrogens is 392 g/mol. The van der Waals surface area contributed by atoms with Crippen LogP contribution in [-0.2, 0) is 5.75 Å². The maximum Gasteiger partial charge on any atom is 0.196 e. The van der Waals surface area contributed by atoms with Gasteiger partial charge >= 0.3 is 0 Å². The second-order valence-electron chi connectivity index (χ2n) is 6.81. The Labute approximate surface area is 180 Å². The van der Waals surface area contributed by atoms with E-state index in [1.807, 2.05) is 54.6 Å². The Morgan fingerprint density at radius 1 is 1.00 bits per heavy atom. The van der Waals surface area contributed by atoms with Crippen LogP contribution in [0.1, 0.15) is 16.7 Å². The first-order valence-corrected chi connectivity index (χ1v) is 10.5. The summed E-state index contributed by atoms with van der Waals surface area (Å²) in [5, 5.41) is 18.9. The highest BCUT2D eigenvalue weighted by atomic mass is 32.2. The smallest absolute Gasteiger partial charge is 0.196 e. The molecule has 0 spiro atoms. The van der Waals surface area contributed by atoms with E-state index < -0.39 is 0 Å². The summed E-state index contributed by atoms with van der Waals surface area (Å²) in [7, 11) is 1.65. The van der Waals surface area contributed by atoms with Crippen molar-refractivity contribution >= 4 is 11.8 Å². The number of aryl methyl sites for hydroxylation is 1. The molecule has 1 aromatic heterocycles. The largest absolute Gasteiger partial charge is 0.497 e. The second kappa shape index (κ2) is 8.85. The summed E-state index contributed by atoms with van der Waals surface area (Å²) in [6.45, 7) is 2.07. The monoisotopic (exact) mass is 412 g/mol. The zero-order chi connectivity index (χ0) is 20.9. The second-order valence-corrected chi connectivity index (χ2v) is 7.75. The minimum atomic E-state index is 0.659. The molecule has 0 unspecified atom stereocenters. The van der Waals surface area contributed by atoms with Crippen molar-refractivity contribution < 1.29 is 4.74 Å². The maximum atomic E-state index is 9.14. The lowest BCUT2D eigenvalue weighted by Gasteiger charge is -2.11. The first kappa shape index (κ1) is 19.7. The molecular formula is C24H20N4OS. The summed E-state index contributed by atoms with van der Waals surface area (Å²) in [6, 6.07) is 25.9. The quantitative estimate of drug-likeness (QED) is 0.396. The predicted octanol–water partition coefficient (Wildman–Crippen LogP) is 5.42. The van der Waals surface area contributed by atoms with Crippen molar-refractivity contribution in [2.75, 3.05) is 7.11 Å². The summed E-state index contributed by atoms with van der Waals surface area (Å²) >= 11 is 1.60. The fourth-order valence-electron chi connectivity index (χ4n) is 3.17. The molecule has 4 aromatic rings. The van der Waals surface area contributed by atoms with Gasteiger partial charge in [-0.15, -0.1) is 10.2 Å². The third kappa shape index (κ3) is 4.22. The van der Waals surface area contributed by atoms with Crippen LogP contribution in [0.2, 0.25) is 0 Å². The lowest BCUT2D eigenvalue weighted by molar-refractivity contribution is 0.415. The van der Waals surface area contributed by atoms with Gasteiger partial charge in [0.1, 0.15) is 5.75 Å². The number of ether oxygens (including phenoxy) is 1. The molecule has 0 amide bonds. The first-order valence-electron chi connectivity index (χ1n) is 9.46. The molecule has 0 bridgehead atoms. The minimum Gasteiger partial charge on any atom is -0.497 e. The Morgan fingerprint density at radius 2 is 1.80 bits per heavy atom. The van der Waals surface area contributed by atoms with Gasteiger partial charge in [0.15, 0.2) is 11.0 Å². The number of hydrogen-bond donors (Lipinski definition) is 0. The van der Waals surface area contributed by atoms with Gasteiger partial charge < -0.3 is 4.74 Å². The highest BCUT2D eigenvalue weighted by Crippen LogP contribution is 2.31. The van der Waals surface area contributed by atoms with Crippen molar-refractivity contribution in [2.24, 2.45) is 0 Å². The van der Waals surface area contributed by atoms with Crippen molar-refractivity contribution in [3.8, 4) is 28.9 Å². The van der Waals surface area contributed by atoms with Gasteiger partial charge in [0.2, 0.25) is 0 Å². The number of thioether (sulfide) groups is 1. The summed E-state index contributed by atoms with van der Waals surface area (Å²) in [5.41, 5.74) is 4.87. The first-order chi connectivity index (χ1) is 14.7. The van der Waals surface area contributed by atoms with E-state index in [1.54, 1.807) is 18.9 Å². The molecule has 6 heteroatoms. The zero-order valence-corrected chi connectivity index (χ0v) is 17.6. The normalized spacial score (nSPS) is 10.6. The van der Waals surface area contributed by atoms with Gasteiger partial charge in [-0.25, -0.2) is 0 Å². The number of rotatable bonds is 6. The average molecular weight is 413 g/mol. The van der Waals surface area contributed by atoms with E-state index in [1.165, 1.54) is 5.56 Å². The van der Waals surface area contributed by atoms with E-state index in [9.17, 15) is 0 Å². The van der Waals surface area contributed by atoms with Crippen LogP contribution in [0, 0.1) is 18.3 Å². The van der Waals surface area contributed by atoms with Crippen LogP contribution in [0.25, 0.3) is 17.1 Å². The molecule has 0 aliphatic rings. The number of methoxy groups -OCH3 is 1. The zero-order valence-electron chi connectivity index (χ0n) is 16.7. The Kier molecular flexibility index (Phi) is 5.82.